The van der Waals surface area contributed by atoms with Gasteiger partial charge in [0.2, 0.25) is 10.0 Å². The van der Waals surface area contributed by atoms with Gasteiger partial charge in [-0.15, -0.1) is 0 Å². The SMILES string of the molecule is Cc1ccc(S(=O)(=O)N2CCN(c3nc4ccc([N+](=O)[O-])cc4s3)CC2)c(C)c1. The zero-order chi connectivity index (χ0) is 20.8. The predicted molar refractivity (Wildman–Crippen MR) is 113 cm³/mol. The highest BCUT2D eigenvalue weighted by molar-refractivity contribution is 7.89. The molecule has 0 spiro atoms. The van der Waals surface area contributed by atoms with Crippen molar-refractivity contribution in [2.75, 3.05) is 31.1 Å². The van der Waals surface area contributed by atoms with Crippen molar-refractivity contribution < 1.29 is 13.3 Å². The number of aryl methyl sites for hydroxylation is 2. The Balaban J connectivity index is 1.52. The zero-order valence-corrected chi connectivity index (χ0v) is 17.7. The molecule has 0 amide bonds. The molecule has 1 aromatic heterocycles. The van der Waals surface area contributed by atoms with Gasteiger partial charge in [0, 0.05) is 38.3 Å². The molecule has 1 aliphatic heterocycles. The van der Waals surface area contributed by atoms with Crippen LogP contribution < -0.4 is 4.90 Å². The second-order valence-corrected chi connectivity index (χ2v) is 9.98. The molecular weight excluding hydrogens is 412 g/mol. The van der Waals surface area contributed by atoms with E-state index in [1.807, 2.05) is 30.9 Å². The third-order valence-electron chi connectivity index (χ3n) is 5.03. The molecule has 10 heteroatoms. The zero-order valence-electron chi connectivity index (χ0n) is 16.0. The Morgan fingerprint density at radius 2 is 1.79 bits per heavy atom. The van der Waals surface area contributed by atoms with Crippen LogP contribution in [-0.4, -0.2) is 48.8 Å². The number of non-ortho nitro benzene ring substituents is 1. The molecule has 0 saturated carbocycles. The highest BCUT2D eigenvalue weighted by Gasteiger charge is 2.30. The lowest BCUT2D eigenvalue weighted by Gasteiger charge is -2.34. The number of anilines is 1. The maximum Gasteiger partial charge on any atom is 0.270 e. The van der Waals surface area contributed by atoms with Crippen LogP contribution in [0.1, 0.15) is 11.1 Å². The van der Waals surface area contributed by atoms with Gasteiger partial charge in [0.25, 0.3) is 5.69 Å². The number of nitrogens with zero attached hydrogens (tertiary/aromatic N) is 4. The summed E-state index contributed by atoms with van der Waals surface area (Å²) >= 11 is 1.39. The molecule has 0 unspecified atom stereocenters. The Morgan fingerprint density at radius 1 is 1.07 bits per heavy atom. The van der Waals surface area contributed by atoms with Crippen molar-refractivity contribution >= 4 is 42.4 Å². The van der Waals surface area contributed by atoms with Crippen molar-refractivity contribution in [3.05, 3.63) is 57.6 Å². The molecule has 0 bridgehead atoms. The van der Waals surface area contributed by atoms with Gasteiger partial charge in [-0.2, -0.15) is 4.31 Å². The van der Waals surface area contributed by atoms with Gasteiger partial charge in [0.15, 0.2) is 5.13 Å². The number of hydrogen-bond donors (Lipinski definition) is 0. The van der Waals surface area contributed by atoms with E-state index in [1.165, 1.54) is 27.8 Å². The molecule has 0 aliphatic carbocycles. The topological polar surface area (TPSA) is 96.7 Å². The fourth-order valence-corrected chi connectivity index (χ4v) is 6.18. The van der Waals surface area contributed by atoms with Crippen molar-refractivity contribution in [1.82, 2.24) is 9.29 Å². The van der Waals surface area contributed by atoms with Gasteiger partial charge in [0.1, 0.15) is 0 Å². The number of piperazine rings is 1. The molecule has 0 radical (unpaired) electrons. The molecule has 0 atom stereocenters. The Bertz CT molecular complexity index is 1200. The van der Waals surface area contributed by atoms with Gasteiger partial charge in [-0.05, 0) is 31.5 Å². The van der Waals surface area contributed by atoms with Crippen molar-refractivity contribution in [3.8, 4) is 0 Å². The number of fused-ring (bicyclic) bond motifs is 1. The lowest BCUT2D eigenvalue weighted by Crippen LogP contribution is -2.48. The molecule has 1 aliphatic rings. The number of aromatic nitrogens is 1. The van der Waals surface area contributed by atoms with E-state index in [-0.39, 0.29) is 5.69 Å². The third kappa shape index (κ3) is 3.70. The van der Waals surface area contributed by atoms with Crippen LogP contribution in [0.4, 0.5) is 10.8 Å². The summed E-state index contributed by atoms with van der Waals surface area (Å²) in [4.78, 5) is 17.5. The number of hydrogen-bond acceptors (Lipinski definition) is 7. The van der Waals surface area contributed by atoms with E-state index in [1.54, 1.807) is 12.1 Å². The number of sulfonamides is 1. The van der Waals surface area contributed by atoms with Crippen molar-refractivity contribution in [1.29, 1.82) is 0 Å². The van der Waals surface area contributed by atoms with Crippen LogP contribution in [0.3, 0.4) is 0 Å². The second-order valence-electron chi connectivity index (χ2n) is 7.07. The molecule has 152 valence electrons. The van der Waals surface area contributed by atoms with Gasteiger partial charge in [-0.1, -0.05) is 29.0 Å². The molecule has 1 fully saturated rings. The first kappa shape index (κ1) is 19.7. The van der Waals surface area contributed by atoms with Gasteiger partial charge in [-0.3, -0.25) is 10.1 Å². The standard InChI is InChI=1S/C19H20N4O4S2/c1-13-3-6-18(14(2)11-13)29(26,27)22-9-7-21(8-10-22)19-20-16-5-4-15(23(24)25)12-17(16)28-19/h3-6,11-12H,7-10H2,1-2H3. The van der Waals surface area contributed by atoms with Gasteiger partial charge in [-0.25, -0.2) is 13.4 Å². The number of nitro groups is 1. The molecule has 2 aromatic carbocycles. The van der Waals surface area contributed by atoms with E-state index < -0.39 is 14.9 Å². The summed E-state index contributed by atoms with van der Waals surface area (Å²) in [5.74, 6) is 0. The fourth-order valence-electron chi connectivity index (χ4n) is 3.50. The summed E-state index contributed by atoms with van der Waals surface area (Å²) in [6.45, 7) is 5.53. The quantitative estimate of drug-likeness (QED) is 0.463. The van der Waals surface area contributed by atoms with Crippen LogP contribution in [0.5, 0.6) is 0 Å². The fraction of sp³-hybridized carbons (Fsp3) is 0.316. The summed E-state index contributed by atoms with van der Waals surface area (Å²) in [5.41, 5.74) is 2.53. The number of benzene rings is 2. The Morgan fingerprint density at radius 3 is 2.45 bits per heavy atom. The van der Waals surface area contributed by atoms with Crippen LogP contribution >= 0.6 is 11.3 Å². The molecule has 2 heterocycles. The third-order valence-corrected chi connectivity index (χ3v) is 8.17. The molecular formula is C19H20N4O4S2. The molecule has 29 heavy (non-hydrogen) atoms. The Kier molecular flexibility index (Phi) is 5.01. The summed E-state index contributed by atoms with van der Waals surface area (Å²) in [6.07, 6.45) is 0. The first-order valence-electron chi connectivity index (χ1n) is 9.13. The molecule has 1 saturated heterocycles. The van der Waals surface area contributed by atoms with E-state index in [2.05, 4.69) is 4.98 Å². The van der Waals surface area contributed by atoms with E-state index in [0.717, 1.165) is 21.0 Å². The van der Waals surface area contributed by atoms with E-state index >= 15 is 0 Å². The Labute approximate surface area is 172 Å². The van der Waals surface area contributed by atoms with Gasteiger partial charge >= 0.3 is 0 Å². The highest BCUT2D eigenvalue weighted by atomic mass is 32.2. The average molecular weight is 433 g/mol. The molecule has 0 N–H and O–H groups in total. The Hall–Kier alpha value is -2.56. The van der Waals surface area contributed by atoms with E-state index in [0.29, 0.717) is 36.6 Å². The molecule has 8 nitrogen and oxygen atoms in total. The minimum Gasteiger partial charge on any atom is -0.345 e. The van der Waals surface area contributed by atoms with Gasteiger partial charge < -0.3 is 4.90 Å². The maximum atomic E-state index is 13.0. The summed E-state index contributed by atoms with van der Waals surface area (Å²) in [7, 11) is -3.54. The van der Waals surface area contributed by atoms with Crippen LogP contribution in [0, 0.1) is 24.0 Å². The number of nitro benzene ring substituents is 1. The van der Waals surface area contributed by atoms with Crippen LogP contribution in [0.25, 0.3) is 10.2 Å². The summed E-state index contributed by atoms with van der Waals surface area (Å²) in [5, 5.41) is 11.7. The smallest absolute Gasteiger partial charge is 0.270 e. The first-order chi connectivity index (χ1) is 13.8. The maximum absolute atomic E-state index is 13.0. The minimum absolute atomic E-state index is 0.0390. The largest absolute Gasteiger partial charge is 0.345 e. The predicted octanol–water partition coefficient (Wildman–Crippen LogP) is 3.33. The average Bonchev–Trinajstić information content (AvgIpc) is 3.11. The van der Waals surface area contributed by atoms with Crippen molar-refractivity contribution in [3.63, 3.8) is 0 Å². The van der Waals surface area contributed by atoms with Crippen LogP contribution in [0.15, 0.2) is 41.3 Å². The number of rotatable bonds is 4. The number of thiazole rings is 1. The van der Waals surface area contributed by atoms with E-state index in [9.17, 15) is 18.5 Å². The normalized spacial score (nSPS) is 15.7. The van der Waals surface area contributed by atoms with Crippen LogP contribution in [-0.2, 0) is 10.0 Å². The monoisotopic (exact) mass is 432 g/mol. The van der Waals surface area contributed by atoms with Crippen molar-refractivity contribution in [2.24, 2.45) is 0 Å². The second kappa shape index (κ2) is 7.36. The summed E-state index contributed by atoms with van der Waals surface area (Å²) < 4.78 is 28.3. The summed E-state index contributed by atoms with van der Waals surface area (Å²) in [6, 6.07) is 9.98. The minimum atomic E-state index is -3.54. The van der Waals surface area contributed by atoms with E-state index in [4.69, 9.17) is 0 Å². The van der Waals surface area contributed by atoms with Crippen LogP contribution in [0.2, 0.25) is 0 Å². The molecule has 3 aromatic rings. The molecule has 4 rings (SSSR count). The lowest BCUT2D eigenvalue weighted by atomic mass is 10.2. The first-order valence-corrected chi connectivity index (χ1v) is 11.4. The van der Waals surface area contributed by atoms with Gasteiger partial charge in [0.05, 0.1) is 20.0 Å². The highest BCUT2D eigenvalue weighted by Crippen LogP contribution is 2.32. The lowest BCUT2D eigenvalue weighted by molar-refractivity contribution is -0.384. The van der Waals surface area contributed by atoms with Crippen molar-refractivity contribution in [2.45, 2.75) is 18.7 Å².